The molecule has 1 aromatic rings. The average molecular weight is 439 g/mol. The van der Waals surface area contributed by atoms with Crippen LogP contribution in [0, 0.1) is 11.3 Å². The number of aromatic nitrogens is 1. The second-order valence-corrected chi connectivity index (χ2v) is 8.54. The smallest absolute Gasteiger partial charge is 0.407 e. The van der Waals surface area contributed by atoms with Gasteiger partial charge < -0.3 is 20.1 Å². The van der Waals surface area contributed by atoms with E-state index >= 15 is 0 Å². The first kappa shape index (κ1) is 21.3. The summed E-state index contributed by atoms with van der Waals surface area (Å²) >= 11 is 3.46. The molecule has 1 fully saturated rings. The summed E-state index contributed by atoms with van der Waals surface area (Å²) in [5.74, 6) is 0.969. The van der Waals surface area contributed by atoms with Crippen LogP contribution in [0.25, 0.3) is 0 Å². The lowest BCUT2D eigenvalue weighted by atomic mass is 9.88. The molecule has 8 heteroatoms. The molecule has 1 amide bonds. The highest BCUT2D eigenvalue weighted by atomic mass is 79.9. The average Bonchev–Trinajstić information content (AvgIpc) is 2.57. The van der Waals surface area contributed by atoms with Crippen LogP contribution in [0.4, 0.5) is 10.6 Å². The van der Waals surface area contributed by atoms with Crippen molar-refractivity contribution in [2.45, 2.75) is 71.0 Å². The van der Waals surface area contributed by atoms with Gasteiger partial charge in [-0.05, 0) is 75.4 Å². The van der Waals surface area contributed by atoms with Crippen molar-refractivity contribution < 1.29 is 14.6 Å². The zero-order valence-corrected chi connectivity index (χ0v) is 17.8. The summed E-state index contributed by atoms with van der Waals surface area (Å²) in [4.78, 5) is 17.7. The molecule has 148 valence electrons. The summed E-state index contributed by atoms with van der Waals surface area (Å²) in [7, 11) is 0. The highest BCUT2D eigenvalue weighted by Gasteiger charge is 2.35. The Morgan fingerprint density at radius 3 is 2.56 bits per heavy atom. The number of ether oxygens (including phenoxy) is 1. The predicted octanol–water partition coefficient (Wildman–Crippen LogP) is 4.62. The van der Waals surface area contributed by atoms with E-state index in [0.29, 0.717) is 28.3 Å². The molecule has 1 heterocycles. The monoisotopic (exact) mass is 438 g/mol. The molecule has 0 bridgehead atoms. The largest absolute Gasteiger partial charge is 0.477 e. The van der Waals surface area contributed by atoms with Crippen LogP contribution in [0.1, 0.15) is 58.9 Å². The summed E-state index contributed by atoms with van der Waals surface area (Å²) in [6.07, 6.45) is 2.43. The number of pyridine rings is 1. The highest BCUT2D eigenvalue weighted by Crippen LogP contribution is 2.32. The molecule has 1 aliphatic carbocycles. The molecule has 0 saturated heterocycles. The third-order valence-corrected chi connectivity index (χ3v) is 5.28. The molecule has 1 aliphatic rings. The third kappa shape index (κ3) is 5.25. The molecule has 7 nitrogen and oxygen atoms in total. The molecule has 1 saturated carbocycles. The summed E-state index contributed by atoms with van der Waals surface area (Å²) < 4.78 is 6.17. The van der Waals surface area contributed by atoms with E-state index in [4.69, 9.17) is 4.74 Å². The fourth-order valence-corrected chi connectivity index (χ4v) is 3.99. The van der Waals surface area contributed by atoms with Gasteiger partial charge in [-0.15, -0.1) is 0 Å². The van der Waals surface area contributed by atoms with Crippen LogP contribution >= 0.6 is 15.9 Å². The molecule has 0 aromatic carbocycles. The number of anilines is 1. The number of nitriles is 1. The van der Waals surface area contributed by atoms with Gasteiger partial charge in [0.15, 0.2) is 0 Å². The lowest BCUT2D eigenvalue weighted by Gasteiger charge is -2.42. The minimum absolute atomic E-state index is 0.0249. The van der Waals surface area contributed by atoms with E-state index in [1.165, 1.54) is 0 Å². The Balaban J connectivity index is 2.07. The fraction of sp³-hybridized carbons (Fsp3) is 0.632. The van der Waals surface area contributed by atoms with Crippen molar-refractivity contribution in [3.05, 3.63) is 16.1 Å². The molecule has 0 unspecified atom stereocenters. The second-order valence-electron chi connectivity index (χ2n) is 7.69. The second kappa shape index (κ2) is 8.79. The Morgan fingerprint density at radius 1 is 1.44 bits per heavy atom. The van der Waals surface area contributed by atoms with E-state index in [1.807, 2.05) is 27.7 Å². The van der Waals surface area contributed by atoms with Gasteiger partial charge in [-0.1, -0.05) is 0 Å². The van der Waals surface area contributed by atoms with Crippen LogP contribution in [0.5, 0.6) is 5.88 Å². The van der Waals surface area contributed by atoms with Crippen molar-refractivity contribution in [2.24, 2.45) is 0 Å². The normalized spacial score (nSPS) is 19.9. The first-order chi connectivity index (χ1) is 12.7. The van der Waals surface area contributed by atoms with Crippen molar-refractivity contribution in [1.29, 1.82) is 5.26 Å². The van der Waals surface area contributed by atoms with Crippen LogP contribution in [0.15, 0.2) is 10.5 Å². The van der Waals surface area contributed by atoms with Crippen molar-refractivity contribution in [1.82, 2.24) is 9.88 Å². The molecule has 0 atom stereocenters. The molecule has 2 N–H and O–H groups in total. The van der Waals surface area contributed by atoms with Gasteiger partial charge in [0.05, 0.1) is 11.1 Å². The summed E-state index contributed by atoms with van der Waals surface area (Å²) in [5.41, 5.74) is -0.0267. The molecular weight excluding hydrogens is 412 g/mol. The van der Waals surface area contributed by atoms with Gasteiger partial charge in [0, 0.05) is 17.6 Å². The van der Waals surface area contributed by atoms with E-state index in [-0.39, 0.29) is 12.1 Å². The quantitative estimate of drug-likeness (QED) is 0.695. The fourth-order valence-electron chi connectivity index (χ4n) is 3.56. The minimum Gasteiger partial charge on any atom is -0.477 e. The minimum atomic E-state index is -0.864. The van der Waals surface area contributed by atoms with Gasteiger partial charge >= 0.3 is 6.09 Å². The number of rotatable bonds is 5. The molecule has 2 rings (SSSR count). The van der Waals surface area contributed by atoms with Crippen LogP contribution in [-0.4, -0.2) is 45.3 Å². The summed E-state index contributed by atoms with van der Waals surface area (Å²) in [5, 5.41) is 22.2. The van der Waals surface area contributed by atoms with Gasteiger partial charge in [-0.3, -0.25) is 0 Å². The molecule has 27 heavy (non-hydrogen) atoms. The maximum atomic E-state index is 11.7. The standard InChI is InChI=1S/C19H27BrN4O3/c1-5-27-17-12(11-21)10-15(20)16(23-17)22-13-6-8-14(9-7-13)24(18(25)26)19(2,3)4/h10,13-14H,5-9H2,1-4H3,(H,22,23)(H,25,26). The topological polar surface area (TPSA) is 98.5 Å². The zero-order chi connectivity index (χ0) is 20.2. The number of hydrogen-bond donors (Lipinski definition) is 2. The maximum absolute atomic E-state index is 11.7. The van der Waals surface area contributed by atoms with Crippen molar-refractivity contribution in [3.8, 4) is 11.9 Å². The number of carboxylic acid groups (broad SMARTS) is 1. The van der Waals surface area contributed by atoms with E-state index in [2.05, 4.69) is 32.3 Å². The van der Waals surface area contributed by atoms with E-state index in [9.17, 15) is 15.2 Å². The van der Waals surface area contributed by atoms with Crippen LogP contribution in [-0.2, 0) is 0 Å². The third-order valence-electron chi connectivity index (χ3n) is 4.67. The Labute approximate surface area is 168 Å². The highest BCUT2D eigenvalue weighted by molar-refractivity contribution is 9.10. The van der Waals surface area contributed by atoms with Crippen LogP contribution < -0.4 is 10.1 Å². The van der Waals surface area contributed by atoms with Gasteiger partial charge in [-0.25, -0.2) is 4.79 Å². The number of carbonyl (C=O) groups is 1. The summed E-state index contributed by atoms with van der Waals surface area (Å²) in [6.45, 7) is 8.07. The predicted molar refractivity (Wildman–Crippen MR) is 107 cm³/mol. The molecule has 0 spiro atoms. The lowest BCUT2D eigenvalue weighted by molar-refractivity contribution is 0.0556. The maximum Gasteiger partial charge on any atom is 0.407 e. The Hall–Kier alpha value is -2.01. The van der Waals surface area contributed by atoms with E-state index < -0.39 is 11.6 Å². The molecular formula is C19H27BrN4O3. The number of amides is 1. The van der Waals surface area contributed by atoms with Gasteiger partial charge in [0.1, 0.15) is 17.5 Å². The number of halogens is 1. The molecule has 0 aliphatic heterocycles. The summed E-state index contributed by atoms with van der Waals surface area (Å²) in [6, 6.07) is 4.02. The Bertz CT molecular complexity index is 719. The lowest BCUT2D eigenvalue weighted by Crippen LogP contribution is -2.52. The van der Waals surface area contributed by atoms with Gasteiger partial charge in [-0.2, -0.15) is 10.2 Å². The van der Waals surface area contributed by atoms with Gasteiger partial charge in [0.2, 0.25) is 5.88 Å². The van der Waals surface area contributed by atoms with Crippen molar-refractivity contribution in [3.63, 3.8) is 0 Å². The first-order valence-electron chi connectivity index (χ1n) is 9.19. The first-order valence-corrected chi connectivity index (χ1v) is 9.98. The Kier molecular flexibility index (Phi) is 6.93. The van der Waals surface area contributed by atoms with Gasteiger partial charge in [0.25, 0.3) is 0 Å². The van der Waals surface area contributed by atoms with E-state index in [1.54, 1.807) is 11.0 Å². The number of nitrogens with one attached hydrogen (secondary N) is 1. The van der Waals surface area contributed by atoms with E-state index in [0.717, 1.165) is 25.7 Å². The molecule has 1 aromatic heterocycles. The van der Waals surface area contributed by atoms with Crippen molar-refractivity contribution >= 4 is 27.8 Å². The SMILES string of the molecule is CCOc1nc(NC2CCC(N(C(=O)O)C(C)(C)C)CC2)c(Br)cc1C#N. The molecule has 0 radical (unpaired) electrons. The van der Waals surface area contributed by atoms with Crippen molar-refractivity contribution in [2.75, 3.05) is 11.9 Å². The number of hydrogen-bond acceptors (Lipinski definition) is 5. The van der Waals surface area contributed by atoms with Crippen LogP contribution in [0.3, 0.4) is 0 Å². The number of nitrogens with zero attached hydrogens (tertiary/aromatic N) is 3. The zero-order valence-electron chi connectivity index (χ0n) is 16.3. The van der Waals surface area contributed by atoms with Crippen LogP contribution in [0.2, 0.25) is 0 Å². The Morgan fingerprint density at radius 2 is 2.07 bits per heavy atom.